The number of aryl methyl sites for hydroxylation is 1. The maximum absolute atomic E-state index is 12.2. The molecule has 0 radical (unpaired) electrons. The van der Waals surface area contributed by atoms with Gasteiger partial charge in [-0.05, 0) is 43.3 Å². The Kier molecular flexibility index (Phi) is 3.36. The lowest BCUT2D eigenvalue weighted by atomic mass is 10.2. The van der Waals surface area contributed by atoms with Crippen LogP contribution in [0.25, 0.3) is 11.0 Å². The van der Waals surface area contributed by atoms with Gasteiger partial charge < -0.3 is 14.5 Å². The number of carbonyl (C=O) groups excluding carboxylic acids is 1. The van der Waals surface area contributed by atoms with Crippen molar-refractivity contribution in [2.45, 2.75) is 6.92 Å². The van der Waals surface area contributed by atoms with Gasteiger partial charge in [-0.15, -0.1) is 0 Å². The Morgan fingerprint density at radius 2 is 1.86 bits per heavy atom. The molecular formula is C17H15NO3. The minimum atomic E-state index is -0.269. The van der Waals surface area contributed by atoms with E-state index in [4.69, 9.17) is 9.15 Å². The topological polar surface area (TPSA) is 51.5 Å². The van der Waals surface area contributed by atoms with Crippen LogP contribution in [-0.2, 0) is 0 Å². The Bertz CT molecular complexity index is 787. The minimum Gasteiger partial charge on any atom is -0.497 e. The molecule has 0 aliphatic rings. The van der Waals surface area contributed by atoms with Crippen molar-refractivity contribution in [1.29, 1.82) is 0 Å². The normalized spacial score (nSPS) is 10.6. The highest BCUT2D eigenvalue weighted by atomic mass is 16.5. The Hall–Kier alpha value is -2.75. The van der Waals surface area contributed by atoms with Crippen LogP contribution in [0.4, 0.5) is 5.69 Å². The number of rotatable bonds is 3. The zero-order chi connectivity index (χ0) is 14.8. The predicted octanol–water partition coefficient (Wildman–Crippen LogP) is 4.00. The van der Waals surface area contributed by atoms with Crippen LogP contribution in [0.1, 0.15) is 16.1 Å². The molecule has 0 spiro atoms. The van der Waals surface area contributed by atoms with Gasteiger partial charge in [0, 0.05) is 11.1 Å². The van der Waals surface area contributed by atoms with Gasteiger partial charge in [0.05, 0.1) is 7.11 Å². The quantitative estimate of drug-likeness (QED) is 0.789. The number of nitrogens with one attached hydrogen (secondary N) is 1. The molecule has 1 N–H and O–H groups in total. The fraction of sp³-hybridized carbons (Fsp3) is 0.118. The van der Waals surface area contributed by atoms with E-state index in [1.54, 1.807) is 25.3 Å². The molecular weight excluding hydrogens is 266 g/mol. The number of hydrogen-bond acceptors (Lipinski definition) is 3. The lowest BCUT2D eigenvalue weighted by Gasteiger charge is -2.02. The number of furan rings is 1. The summed E-state index contributed by atoms with van der Waals surface area (Å²) in [5.41, 5.74) is 2.54. The van der Waals surface area contributed by atoms with E-state index in [0.717, 1.165) is 22.4 Å². The fourth-order valence-electron chi connectivity index (χ4n) is 2.09. The SMILES string of the molecule is COc1ccc2oc(C(=O)Nc3ccc(C)cc3)cc2c1. The van der Waals surface area contributed by atoms with Gasteiger partial charge in [0.15, 0.2) is 5.76 Å². The van der Waals surface area contributed by atoms with Crippen molar-refractivity contribution in [2.75, 3.05) is 12.4 Å². The van der Waals surface area contributed by atoms with Crippen molar-refractivity contribution >= 4 is 22.6 Å². The van der Waals surface area contributed by atoms with Gasteiger partial charge in [-0.25, -0.2) is 0 Å². The Labute approximate surface area is 122 Å². The fourth-order valence-corrected chi connectivity index (χ4v) is 2.09. The number of amides is 1. The average Bonchev–Trinajstić information content (AvgIpc) is 2.92. The van der Waals surface area contributed by atoms with Crippen molar-refractivity contribution in [3.05, 3.63) is 59.9 Å². The van der Waals surface area contributed by atoms with E-state index >= 15 is 0 Å². The molecule has 4 heteroatoms. The Morgan fingerprint density at radius 1 is 1.10 bits per heavy atom. The summed E-state index contributed by atoms with van der Waals surface area (Å²) in [4.78, 5) is 12.2. The van der Waals surface area contributed by atoms with Crippen LogP contribution in [-0.4, -0.2) is 13.0 Å². The molecule has 0 aliphatic heterocycles. The number of anilines is 1. The van der Waals surface area contributed by atoms with Crippen molar-refractivity contribution in [2.24, 2.45) is 0 Å². The summed E-state index contributed by atoms with van der Waals surface area (Å²) in [5, 5.41) is 3.65. The first-order chi connectivity index (χ1) is 10.2. The number of hydrogen-bond donors (Lipinski definition) is 1. The van der Waals surface area contributed by atoms with E-state index in [1.807, 2.05) is 37.3 Å². The Balaban J connectivity index is 1.85. The third-order valence-corrected chi connectivity index (χ3v) is 3.26. The summed E-state index contributed by atoms with van der Waals surface area (Å²) in [7, 11) is 1.60. The maximum Gasteiger partial charge on any atom is 0.291 e. The van der Waals surface area contributed by atoms with Crippen LogP contribution in [0.5, 0.6) is 5.75 Å². The van der Waals surface area contributed by atoms with Crippen molar-refractivity contribution in [3.63, 3.8) is 0 Å². The monoisotopic (exact) mass is 281 g/mol. The van der Waals surface area contributed by atoms with Gasteiger partial charge in [0.2, 0.25) is 0 Å². The van der Waals surface area contributed by atoms with E-state index in [1.165, 1.54) is 0 Å². The third-order valence-electron chi connectivity index (χ3n) is 3.26. The highest BCUT2D eigenvalue weighted by molar-refractivity contribution is 6.04. The van der Waals surface area contributed by atoms with Gasteiger partial charge in [0.25, 0.3) is 5.91 Å². The van der Waals surface area contributed by atoms with Gasteiger partial charge in [-0.3, -0.25) is 4.79 Å². The number of ether oxygens (including phenoxy) is 1. The van der Waals surface area contributed by atoms with Crippen LogP contribution in [0, 0.1) is 6.92 Å². The molecule has 3 aromatic rings. The zero-order valence-corrected chi connectivity index (χ0v) is 11.8. The van der Waals surface area contributed by atoms with Crippen molar-refractivity contribution in [1.82, 2.24) is 0 Å². The molecule has 0 fully saturated rings. The van der Waals surface area contributed by atoms with Gasteiger partial charge >= 0.3 is 0 Å². The lowest BCUT2D eigenvalue weighted by Crippen LogP contribution is -2.10. The molecule has 106 valence electrons. The summed E-state index contributed by atoms with van der Waals surface area (Å²) >= 11 is 0. The second-order valence-electron chi connectivity index (χ2n) is 4.83. The van der Waals surface area contributed by atoms with Crippen LogP contribution in [0.3, 0.4) is 0 Å². The second kappa shape index (κ2) is 5.32. The van der Waals surface area contributed by atoms with Crippen molar-refractivity contribution in [3.8, 4) is 5.75 Å². The van der Waals surface area contributed by atoms with Crippen LogP contribution >= 0.6 is 0 Å². The third kappa shape index (κ3) is 2.74. The van der Waals surface area contributed by atoms with E-state index in [0.29, 0.717) is 5.58 Å². The van der Waals surface area contributed by atoms with Crippen molar-refractivity contribution < 1.29 is 13.9 Å². The first-order valence-electron chi connectivity index (χ1n) is 6.61. The molecule has 3 rings (SSSR count). The van der Waals surface area contributed by atoms with Gasteiger partial charge in [-0.2, -0.15) is 0 Å². The smallest absolute Gasteiger partial charge is 0.291 e. The molecule has 1 aromatic heterocycles. The van der Waals surface area contributed by atoms with Crippen LogP contribution in [0.15, 0.2) is 52.9 Å². The molecule has 0 bridgehead atoms. The Morgan fingerprint density at radius 3 is 2.57 bits per heavy atom. The van der Waals surface area contributed by atoms with E-state index in [-0.39, 0.29) is 11.7 Å². The van der Waals surface area contributed by atoms with Crippen LogP contribution in [0.2, 0.25) is 0 Å². The number of methoxy groups -OCH3 is 1. The average molecular weight is 281 g/mol. The molecule has 0 aliphatic carbocycles. The summed E-state index contributed by atoms with van der Waals surface area (Å²) in [5.74, 6) is 0.738. The molecule has 21 heavy (non-hydrogen) atoms. The largest absolute Gasteiger partial charge is 0.497 e. The summed E-state index contributed by atoms with van der Waals surface area (Å²) < 4.78 is 10.7. The molecule has 0 saturated heterocycles. The molecule has 0 saturated carbocycles. The molecule has 4 nitrogen and oxygen atoms in total. The standard InChI is InChI=1S/C17H15NO3/c1-11-3-5-13(6-4-11)18-17(19)16-10-12-9-14(20-2)7-8-15(12)21-16/h3-10H,1-2H3,(H,18,19). The minimum absolute atomic E-state index is 0.269. The van der Waals surface area contributed by atoms with E-state index < -0.39 is 0 Å². The predicted molar refractivity (Wildman–Crippen MR) is 81.9 cm³/mol. The number of carbonyl (C=O) groups is 1. The highest BCUT2D eigenvalue weighted by Gasteiger charge is 2.13. The summed E-state index contributed by atoms with van der Waals surface area (Å²) in [6.45, 7) is 2.00. The first-order valence-corrected chi connectivity index (χ1v) is 6.61. The maximum atomic E-state index is 12.2. The van der Waals surface area contributed by atoms with E-state index in [2.05, 4.69) is 5.32 Å². The molecule has 0 unspecified atom stereocenters. The number of fused-ring (bicyclic) bond motifs is 1. The van der Waals surface area contributed by atoms with E-state index in [9.17, 15) is 4.79 Å². The lowest BCUT2D eigenvalue weighted by molar-refractivity contribution is 0.0998. The number of benzene rings is 2. The molecule has 1 heterocycles. The molecule has 0 atom stereocenters. The first kappa shape index (κ1) is 13.2. The van der Waals surface area contributed by atoms with Gasteiger partial charge in [-0.1, -0.05) is 17.7 Å². The van der Waals surface area contributed by atoms with Crippen LogP contribution < -0.4 is 10.1 Å². The summed E-state index contributed by atoms with van der Waals surface area (Å²) in [6, 6.07) is 14.7. The molecule has 2 aromatic carbocycles. The zero-order valence-electron chi connectivity index (χ0n) is 11.8. The molecule has 1 amide bonds. The van der Waals surface area contributed by atoms with Gasteiger partial charge in [0.1, 0.15) is 11.3 Å². The second-order valence-corrected chi connectivity index (χ2v) is 4.83. The highest BCUT2D eigenvalue weighted by Crippen LogP contribution is 2.24. The summed E-state index contributed by atoms with van der Waals surface area (Å²) in [6.07, 6.45) is 0.